The molecule has 1 N–H and O–H groups in total. The van der Waals surface area contributed by atoms with Crippen LogP contribution in [0.1, 0.15) is 33.1 Å². The van der Waals surface area contributed by atoms with Crippen LogP contribution in [0.4, 0.5) is 0 Å². The first kappa shape index (κ1) is 15.7. The lowest BCUT2D eigenvalue weighted by Gasteiger charge is -2.36. The Hall–Kier alpha value is -0.650. The Bertz CT molecular complexity index is 333. The van der Waals surface area contributed by atoms with Crippen LogP contribution in [0.5, 0.6) is 0 Å². The van der Waals surface area contributed by atoms with Gasteiger partial charge in [0.2, 0.25) is 0 Å². The van der Waals surface area contributed by atoms with Gasteiger partial charge in [0.25, 0.3) is 0 Å². The lowest BCUT2D eigenvalue weighted by atomic mass is 9.92. The minimum Gasteiger partial charge on any atom is -0.465 e. The number of hydrogen-bond acceptors (Lipinski definition) is 5. The molecule has 0 aromatic rings. The summed E-state index contributed by atoms with van der Waals surface area (Å²) in [6.45, 7) is 7.81. The molecule has 2 atom stereocenters. The molecule has 2 rings (SSSR count). The van der Waals surface area contributed by atoms with E-state index in [9.17, 15) is 4.79 Å². The van der Waals surface area contributed by atoms with Crippen LogP contribution in [0.2, 0.25) is 0 Å². The molecule has 1 aliphatic heterocycles. The highest BCUT2D eigenvalue weighted by molar-refractivity contribution is 5.82. The minimum atomic E-state index is -0.520. The molecule has 0 spiro atoms. The van der Waals surface area contributed by atoms with E-state index in [0.717, 1.165) is 45.4 Å². The quantitative estimate of drug-likeness (QED) is 0.675. The Morgan fingerprint density at radius 2 is 2.10 bits per heavy atom. The fourth-order valence-electron chi connectivity index (χ4n) is 3.27. The van der Waals surface area contributed by atoms with Gasteiger partial charge >= 0.3 is 5.97 Å². The number of carbonyl (C=O) groups is 1. The Labute approximate surface area is 122 Å². The number of nitrogens with zero attached hydrogens (tertiary/aromatic N) is 1. The molecule has 1 aliphatic carbocycles. The number of esters is 1. The number of methoxy groups -OCH3 is 1. The maximum Gasteiger partial charge on any atom is 0.327 e. The van der Waals surface area contributed by atoms with Gasteiger partial charge in [-0.2, -0.15) is 0 Å². The number of likely N-dealkylation sites (tertiary alicyclic amines) is 1. The van der Waals surface area contributed by atoms with Crippen LogP contribution in [-0.2, 0) is 14.3 Å². The van der Waals surface area contributed by atoms with Gasteiger partial charge in [-0.05, 0) is 38.6 Å². The molecular formula is C15H28N2O3. The summed E-state index contributed by atoms with van der Waals surface area (Å²) < 4.78 is 10.8. The minimum absolute atomic E-state index is 0.0785. The Balaban J connectivity index is 2.07. The molecule has 2 aliphatic rings. The summed E-state index contributed by atoms with van der Waals surface area (Å²) in [6.07, 6.45) is 3.59. The predicted molar refractivity (Wildman–Crippen MR) is 77.6 cm³/mol. The standard InChI is InChI=1S/C15H28N2O3/c1-4-16-15(12-6-7-12,14(18)20-5-2)11-17-9-8-13(10-17)19-3/h12-13,16H,4-11H2,1-3H3. The van der Waals surface area contributed by atoms with E-state index in [4.69, 9.17) is 9.47 Å². The third-order valence-corrected chi connectivity index (χ3v) is 4.44. The van der Waals surface area contributed by atoms with E-state index >= 15 is 0 Å². The Morgan fingerprint density at radius 3 is 2.60 bits per heavy atom. The van der Waals surface area contributed by atoms with Crippen LogP contribution in [0, 0.1) is 5.92 Å². The predicted octanol–water partition coefficient (Wildman–Crippen LogP) is 1.03. The average molecular weight is 284 g/mol. The van der Waals surface area contributed by atoms with Crippen molar-refractivity contribution in [2.45, 2.75) is 44.8 Å². The molecule has 1 heterocycles. The first-order chi connectivity index (χ1) is 9.66. The van der Waals surface area contributed by atoms with Crippen molar-refractivity contribution >= 4 is 5.97 Å². The molecule has 1 saturated carbocycles. The fourth-order valence-corrected chi connectivity index (χ4v) is 3.27. The van der Waals surface area contributed by atoms with Gasteiger partial charge in [-0.15, -0.1) is 0 Å². The molecule has 5 heteroatoms. The summed E-state index contributed by atoms with van der Waals surface area (Å²) >= 11 is 0. The highest BCUT2D eigenvalue weighted by Gasteiger charge is 2.52. The average Bonchev–Trinajstić information content (AvgIpc) is 3.19. The summed E-state index contributed by atoms with van der Waals surface area (Å²) in [5.41, 5.74) is -0.520. The zero-order chi connectivity index (χ0) is 14.6. The van der Waals surface area contributed by atoms with Gasteiger partial charge in [0.15, 0.2) is 0 Å². The van der Waals surface area contributed by atoms with E-state index in [0.29, 0.717) is 18.6 Å². The number of carbonyl (C=O) groups excluding carboxylic acids is 1. The number of likely N-dealkylation sites (N-methyl/N-ethyl adjacent to an activating group) is 1. The van der Waals surface area contributed by atoms with Gasteiger partial charge in [0, 0.05) is 26.7 Å². The largest absolute Gasteiger partial charge is 0.465 e. The molecule has 5 nitrogen and oxygen atoms in total. The van der Waals surface area contributed by atoms with Crippen LogP contribution in [0.25, 0.3) is 0 Å². The van der Waals surface area contributed by atoms with E-state index in [2.05, 4.69) is 17.1 Å². The number of rotatable bonds is 8. The second-order valence-corrected chi connectivity index (χ2v) is 5.88. The third kappa shape index (κ3) is 3.32. The maximum absolute atomic E-state index is 12.5. The number of ether oxygens (including phenoxy) is 2. The fraction of sp³-hybridized carbons (Fsp3) is 0.933. The van der Waals surface area contributed by atoms with Crippen molar-refractivity contribution in [3.8, 4) is 0 Å². The van der Waals surface area contributed by atoms with Gasteiger partial charge in [-0.3, -0.25) is 4.90 Å². The van der Waals surface area contributed by atoms with Crippen molar-refractivity contribution in [3.63, 3.8) is 0 Å². The molecule has 0 amide bonds. The van der Waals surface area contributed by atoms with Gasteiger partial charge < -0.3 is 14.8 Å². The highest BCUT2D eigenvalue weighted by Crippen LogP contribution is 2.41. The van der Waals surface area contributed by atoms with Crippen molar-refractivity contribution < 1.29 is 14.3 Å². The van der Waals surface area contributed by atoms with Gasteiger partial charge in [-0.1, -0.05) is 6.92 Å². The Kier molecular flexibility index (Phi) is 5.41. The molecule has 0 bridgehead atoms. The monoisotopic (exact) mass is 284 g/mol. The van der Waals surface area contributed by atoms with Crippen LogP contribution in [0.3, 0.4) is 0 Å². The summed E-state index contributed by atoms with van der Waals surface area (Å²) in [7, 11) is 1.76. The molecule has 0 radical (unpaired) electrons. The topological polar surface area (TPSA) is 50.8 Å². The van der Waals surface area contributed by atoms with E-state index in [1.165, 1.54) is 0 Å². The first-order valence-corrected chi connectivity index (χ1v) is 7.83. The number of hydrogen-bond donors (Lipinski definition) is 1. The normalized spacial score (nSPS) is 26.4. The molecule has 0 aromatic heterocycles. The smallest absolute Gasteiger partial charge is 0.327 e. The van der Waals surface area contributed by atoms with Crippen molar-refractivity contribution in [1.29, 1.82) is 0 Å². The zero-order valence-electron chi connectivity index (χ0n) is 13.0. The van der Waals surface area contributed by atoms with E-state index < -0.39 is 5.54 Å². The van der Waals surface area contributed by atoms with Crippen molar-refractivity contribution in [3.05, 3.63) is 0 Å². The summed E-state index contributed by atoms with van der Waals surface area (Å²) in [6, 6.07) is 0. The third-order valence-electron chi connectivity index (χ3n) is 4.44. The van der Waals surface area contributed by atoms with Crippen LogP contribution >= 0.6 is 0 Å². The van der Waals surface area contributed by atoms with Gasteiger partial charge in [-0.25, -0.2) is 4.79 Å². The lowest BCUT2D eigenvalue weighted by molar-refractivity contribution is -0.153. The summed E-state index contributed by atoms with van der Waals surface area (Å²) in [4.78, 5) is 14.9. The van der Waals surface area contributed by atoms with Gasteiger partial charge in [0.05, 0.1) is 12.7 Å². The summed E-state index contributed by atoms with van der Waals surface area (Å²) in [5, 5.41) is 3.45. The number of nitrogens with one attached hydrogen (secondary N) is 1. The molecular weight excluding hydrogens is 256 g/mol. The molecule has 2 unspecified atom stereocenters. The molecule has 0 aromatic carbocycles. The Morgan fingerprint density at radius 1 is 1.35 bits per heavy atom. The van der Waals surface area contributed by atoms with Crippen LogP contribution in [-0.4, -0.2) is 62.4 Å². The molecule has 116 valence electrons. The van der Waals surface area contributed by atoms with Crippen molar-refractivity contribution in [2.75, 3.05) is 39.9 Å². The van der Waals surface area contributed by atoms with E-state index in [-0.39, 0.29) is 5.97 Å². The maximum atomic E-state index is 12.5. The summed E-state index contributed by atoms with van der Waals surface area (Å²) in [5.74, 6) is 0.341. The second-order valence-electron chi connectivity index (χ2n) is 5.88. The zero-order valence-corrected chi connectivity index (χ0v) is 13.0. The molecule has 1 saturated heterocycles. The first-order valence-electron chi connectivity index (χ1n) is 7.83. The van der Waals surface area contributed by atoms with E-state index in [1.54, 1.807) is 7.11 Å². The van der Waals surface area contributed by atoms with Crippen molar-refractivity contribution in [2.24, 2.45) is 5.92 Å². The van der Waals surface area contributed by atoms with Crippen LogP contribution < -0.4 is 5.32 Å². The highest BCUT2D eigenvalue weighted by atomic mass is 16.5. The molecule has 2 fully saturated rings. The van der Waals surface area contributed by atoms with E-state index in [1.807, 2.05) is 6.92 Å². The van der Waals surface area contributed by atoms with Crippen molar-refractivity contribution in [1.82, 2.24) is 10.2 Å². The lowest BCUT2D eigenvalue weighted by Crippen LogP contribution is -2.61. The SMILES string of the molecule is CCNC(CN1CCC(OC)C1)(C(=O)OCC)C1CC1. The molecule has 20 heavy (non-hydrogen) atoms. The van der Waals surface area contributed by atoms with Gasteiger partial charge in [0.1, 0.15) is 5.54 Å². The second kappa shape index (κ2) is 6.87. The van der Waals surface area contributed by atoms with Crippen LogP contribution in [0.15, 0.2) is 0 Å².